The normalized spacial score (nSPS) is 19.6. The number of aliphatic hydroxyl groups excluding tert-OH is 1. The molecule has 0 saturated heterocycles. The van der Waals surface area contributed by atoms with Gasteiger partial charge in [0.2, 0.25) is 0 Å². The molecule has 3 aromatic rings. The van der Waals surface area contributed by atoms with Gasteiger partial charge in [0, 0.05) is 42.0 Å². The standard InChI is InChI=1S/C30H31F3N2O2/c1-18-11-23-22-9-5-4-7-19(22)12-24(23)29(35(18)17-30(2,3)33)28-25(31)13-21(14-26(28)32)37-16-27-20(15-36)8-6-10-34-27/h4-10,13-14,18,29,36H,11-12,15-17H2,1-3H3/t18-,29+/m1/s1. The molecule has 0 amide bonds. The fourth-order valence-corrected chi connectivity index (χ4v) is 5.65. The molecule has 1 N–H and O–H groups in total. The zero-order chi connectivity index (χ0) is 26.3. The Bertz CT molecular complexity index is 1330. The monoisotopic (exact) mass is 508 g/mol. The Balaban J connectivity index is 1.53. The lowest BCUT2D eigenvalue weighted by Gasteiger charge is -2.44. The third-order valence-electron chi connectivity index (χ3n) is 7.25. The molecular formula is C30H31F3N2O2. The first-order valence-corrected chi connectivity index (χ1v) is 12.6. The number of alkyl halides is 1. The Morgan fingerprint density at radius 1 is 1.11 bits per heavy atom. The van der Waals surface area contributed by atoms with Crippen LogP contribution in [0.25, 0.3) is 5.57 Å². The van der Waals surface area contributed by atoms with Crippen molar-refractivity contribution in [2.45, 2.75) is 64.6 Å². The Morgan fingerprint density at radius 2 is 1.84 bits per heavy atom. The topological polar surface area (TPSA) is 45.6 Å². The second-order valence-electron chi connectivity index (χ2n) is 10.5. The second kappa shape index (κ2) is 9.95. The summed E-state index contributed by atoms with van der Waals surface area (Å²) >= 11 is 0. The average molecular weight is 509 g/mol. The van der Waals surface area contributed by atoms with E-state index in [9.17, 15) is 9.50 Å². The van der Waals surface area contributed by atoms with E-state index in [1.54, 1.807) is 18.3 Å². The summed E-state index contributed by atoms with van der Waals surface area (Å²) < 4.78 is 52.1. The SMILES string of the molecule is C[C@@H]1CC2=C(Cc3ccccc32)[C@@H](c2c(F)cc(OCc3ncccc3CO)cc2F)N1CC(C)(C)F. The first-order valence-electron chi connectivity index (χ1n) is 12.6. The summed E-state index contributed by atoms with van der Waals surface area (Å²) in [7, 11) is 0. The molecule has 0 bridgehead atoms. The third-order valence-corrected chi connectivity index (χ3v) is 7.25. The van der Waals surface area contributed by atoms with Gasteiger partial charge in [-0.25, -0.2) is 13.2 Å². The number of halogens is 3. The third kappa shape index (κ3) is 5.03. The number of benzene rings is 2. The molecule has 194 valence electrons. The molecule has 0 saturated carbocycles. The first-order chi connectivity index (χ1) is 17.7. The van der Waals surface area contributed by atoms with Crippen LogP contribution in [0.1, 0.15) is 61.2 Å². The molecule has 1 aromatic heterocycles. The van der Waals surface area contributed by atoms with Gasteiger partial charge in [0.25, 0.3) is 0 Å². The van der Waals surface area contributed by atoms with Gasteiger partial charge >= 0.3 is 0 Å². The summed E-state index contributed by atoms with van der Waals surface area (Å²) in [5.41, 5.74) is 3.72. The smallest absolute Gasteiger partial charge is 0.134 e. The molecule has 0 radical (unpaired) electrons. The zero-order valence-electron chi connectivity index (χ0n) is 21.3. The minimum absolute atomic E-state index is 0.0263. The molecule has 37 heavy (non-hydrogen) atoms. The van der Waals surface area contributed by atoms with Gasteiger partial charge in [0.05, 0.1) is 18.3 Å². The number of hydrogen-bond donors (Lipinski definition) is 1. The maximum atomic E-state index is 15.8. The number of ether oxygens (including phenoxy) is 1. The van der Waals surface area contributed by atoms with E-state index in [4.69, 9.17) is 4.74 Å². The van der Waals surface area contributed by atoms with Gasteiger partial charge in [-0.05, 0) is 62.0 Å². The molecule has 0 spiro atoms. The number of nitrogens with zero attached hydrogens (tertiary/aromatic N) is 2. The molecule has 7 heteroatoms. The van der Waals surface area contributed by atoms with E-state index < -0.39 is 23.3 Å². The van der Waals surface area contributed by atoms with Crippen molar-refractivity contribution in [3.63, 3.8) is 0 Å². The van der Waals surface area contributed by atoms with E-state index in [1.807, 2.05) is 30.0 Å². The van der Waals surface area contributed by atoms with Gasteiger partial charge in [0.1, 0.15) is 29.7 Å². The Kier molecular flexibility index (Phi) is 6.86. The van der Waals surface area contributed by atoms with Crippen molar-refractivity contribution in [2.75, 3.05) is 6.54 Å². The fourth-order valence-electron chi connectivity index (χ4n) is 5.65. The Hall–Kier alpha value is -3.16. The lowest BCUT2D eigenvalue weighted by Crippen LogP contribution is -2.47. The van der Waals surface area contributed by atoms with Crippen LogP contribution >= 0.6 is 0 Å². The van der Waals surface area contributed by atoms with Crippen molar-refractivity contribution in [1.29, 1.82) is 0 Å². The van der Waals surface area contributed by atoms with Crippen LogP contribution < -0.4 is 4.74 Å². The number of pyridine rings is 1. The van der Waals surface area contributed by atoms with Crippen LogP contribution in [0, 0.1) is 11.6 Å². The maximum absolute atomic E-state index is 15.8. The molecular weight excluding hydrogens is 477 g/mol. The van der Waals surface area contributed by atoms with Crippen molar-refractivity contribution >= 4 is 5.57 Å². The fraction of sp³-hybridized carbons (Fsp3) is 0.367. The summed E-state index contributed by atoms with van der Waals surface area (Å²) in [6.07, 6.45) is 2.84. The van der Waals surface area contributed by atoms with E-state index in [2.05, 4.69) is 11.1 Å². The van der Waals surface area contributed by atoms with E-state index in [0.29, 0.717) is 24.1 Å². The minimum Gasteiger partial charge on any atom is -0.487 e. The molecule has 5 rings (SSSR count). The van der Waals surface area contributed by atoms with Crippen LogP contribution in [0.2, 0.25) is 0 Å². The van der Waals surface area contributed by atoms with Gasteiger partial charge in [0.15, 0.2) is 0 Å². The average Bonchev–Trinajstić information content (AvgIpc) is 3.21. The van der Waals surface area contributed by atoms with Crippen LogP contribution in [0.15, 0.2) is 60.3 Å². The predicted octanol–water partition coefficient (Wildman–Crippen LogP) is 6.32. The molecule has 2 heterocycles. The summed E-state index contributed by atoms with van der Waals surface area (Å²) in [6, 6.07) is 13.0. The molecule has 2 aromatic carbocycles. The summed E-state index contributed by atoms with van der Waals surface area (Å²) in [5, 5.41) is 9.50. The molecule has 0 unspecified atom stereocenters. The second-order valence-corrected chi connectivity index (χ2v) is 10.5. The molecule has 4 nitrogen and oxygen atoms in total. The largest absolute Gasteiger partial charge is 0.487 e. The van der Waals surface area contributed by atoms with Gasteiger partial charge in [-0.1, -0.05) is 30.3 Å². The molecule has 2 atom stereocenters. The van der Waals surface area contributed by atoms with Gasteiger partial charge in [-0.15, -0.1) is 0 Å². The van der Waals surface area contributed by atoms with E-state index >= 15 is 8.78 Å². The highest BCUT2D eigenvalue weighted by atomic mass is 19.1. The van der Waals surface area contributed by atoms with E-state index in [0.717, 1.165) is 22.3 Å². The highest BCUT2D eigenvalue weighted by molar-refractivity contribution is 5.79. The van der Waals surface area contributed by atoms with Crippen molar-refractivity contribution in [2.24, 2.45) is 0 Å². The maximum Gasteiger partial charge on any atom is 0.134 e. The summed E-state index contributed by atoms with van der Waals surface area (Å²) in [4.78, 5) is 6.08. The van der Waals surface area contributed by atoms with Crippen LogP contribution in [-0.2, 0) is 19.6 Å². The summed E-state index contributed by atoms with van der Waals surface area (Å²) in [6.45, 7) is 4.77. The van der Waals surface area contributed by atoms with Crippen molar-refractivity contribution in [1.82, 2.24) is 9.88 Å². The molecule has 0 fully saturated rings. The van der Waals surface area contributed by atoms with Crippen molar-refractivity contribution < 1.29 is 23.0 Å². The van der Waals surface area contributed by atoms with Crippen LogP contribution in [-0.4, -0.2) is 33.2 Å². The van der Waals surface area contributed by atoms with Crippen LogP contribution in [0.4, 0.5) is 13.2 Å². The quantitative estimate of drug-likeness (QED) is 0.406. The van der Waals surface area contributed by atoms with E-state index in [1.165, 1.54) is 26.0 Å². The van der Waals surface area contributed by atoms with Crippen LogP contribution in [0.3, 0.4) is 0 Å². The van der Waals surface area contributed by atoms with E-state index in [-0.39, 0.29) is 37.1 Å². The van der Waals surface area contributed by atoms with Crippen molar-refractivity contribution in [3.05, 3.63) is 99.9 Å². The molecule has 1 aliphatic carbocycles. The number of hydrogen-bond acceptors (Lipinski definition) is 4. The van der Waals surface area contributed by atoms with Gasteiger partial charge in [-0.3, -0.25) is 9.88 Å². The first kappa shape index (κ1) is 25.5. The zero-order valence-corrected chi connectivity index (χ0v) is 21.3. The number of aliphatic hydroxyl groups is 1. The number of fused-ring (bicyclic) bond motifs is 2. The van der Waals surface area contributed by atoms with Crippen molar-refractivity contribution in [3.8, 4) is 5.75 Å². The number of rotatable bonds is 7. The predicted molar refractivity (Wildman–Crippen MR) is 137 cm³/mol. The van der Waals surface area contributed by atoms with Gasteiger partial charge in [-0.2, -0.15) is 0 Å². The highest BCUT2D eigenvalue weighted by Gasteiger charge is 2.42. The lowest BCUT2D eigenvalue weighted by molar-refractivity contribution is 0.0676. The van der Waals surface area contributed by atoms with Gasteiger partial charge < -0.3 is 9.84 Å². The highest BCUT2D eigenvalue weighted by Crippen LogP contribution is 2.50. The molecule has 2 aliphatic rings. The molecule has 1 aliphatic heterocycles. The number of aromatic nitrogens is 1. The Morgan fingerprint density at radius 3 is 2.54 bits per heavy atom. The summed E-state index contributed by atoms with van der Waals surface area (Å²) in [5.74, 6) is -1.44. The minimum atomic E-state index is -1.54. The lowest BCUT2D eigenvalue weighted by atomic mass is 9.84. The Labute approximate surface area is 215 Å². The van der Waals surface area contributed by atoms with Crippen LogP contribution in [0.5, 0.6) is 5.75 Å².